The molecule has 0 bridgehead atoms. The Morgan fingerprint density at radius 3 is 2.32 bits per heavy atom. The van der Waals surface area contributed by atoms with Gasteiger partial charge in [-0.2, -0.15) is 4.31 Å². The summed E-state index contributed by atoms with van der Waals surface area (Å²) in [4.78, 5) is 38.6. The van der Waals surface area contributed by atoms with Gasteiger partial charge in [0.2, 0.25) is 27.7 Å². The quantitative estimate of drug-likeness (QED) is 0.515. The second kappa shape index (κ2) is 8.70. The van der Waals surface area contributed by atoms with Crippen molar-refractivity contribution >= 4 is 45.0 Å². The summed E-state index contributed by atoms with van der Waals surface area (Å²) in [6.45, 7) is 0.658. The van der Waals surface area contributed by atoms with Gasteiger partial charge >= 0.3 is 0 Å². The largest absolute Gasteiger partial charge is 0.379 e. The summed E-state index contributed by atoms with van der Waals surface area (Å²) in [5.74, 6) is -2.18. The van der Waals surface area contributed by atoms with Crippen LogP contribution in [0.3, 0.4) is 0 Å². The van der Waals surface area contributed by atoms with Gasteiger partial charge in [-0.3, -0.25) is 19.3 Å². The Hall–Kier alpha value is -2.27. The molecule has 9 nitrogen and oxygen atoms in total. The minimum absolute atomic E-state index is 0.0143. The highest BCUT2D eigenvalue weighted by molar-refractivity contribution is 7.89. The molecule has 0 radical (unpaired) electrons. The van der Waals surface area contributed by atoms with Crippen molar-refractivity contribution in [2.75, 3.05) is 38.2 Å². The Kier molecular flexibility index (Phi) is 6.16. The van der Waals surface area contributed by atoms with Crippen LogP contribution in [0, 0.1) is 11.8 Å². The molecule has 31 heavy (non-hydrogen) atoms. The Morgan fingerprint density at radius 2 is 1.71 bits per heavy atom. The van der Waals surface area contributed by atoms with Crippen LogP contribution in [0.5, 0.6) is 0 Å². The van der Waals surface area contributed by atoms with E-state index < -0.39 is 34.3 Å². The maximum atomic E-state index is 12.9. The first kappa shape index (κ1) is 21.9. The number of ether oxygens (including phenoxy) is 1. The predicted molar refractivity (Wildman–Crippen MR) is 112 cm³/mol. The van der Waals surface area contributed by atoms with Gasteiger partial charge in [-0.05, 0) is 31.0 Å². The van der Waals surface area contributed by atoms with Crippen molar-refractivity contribution in [3.8, 4) is 0 Å². The number of amides is 3. The Bertz CT molecular complexity index is 1020. The number of carbonyl (C=O) groups excluding carboxylic acids is 3. The van der Waals surface area contributed by atoms with Gasteiger partial charge in [-0.15, -0.1) is 0 Å². The summed E-state index contributed by atoms with van der Waals surface area (Å²) in [7, 11) is -3.77. The third-order valence-corrected chi connectivity index (χ3v) is 7.94. The standard InChI is InChI=1S/C20H22ClN3O6S/c21-16-6-5-13(31(28,29)23-7-9-30-10-8-23)11-17(16)22-18(25)12-24-19(26)14-3-1-2-4-15(14)20(24)27/h1-2,5-6,11,14-15H,3-4,7-10,12H2,(H,22,25)/t14-,15+. The number of anilines is 1. The summed E-state index contributed by atoms with van der Waals surface area (Å²) in [5.41, 5.74) is 0.0965. The fourth-order valence-electron chi connectivity index (χ4n) is 4.05. The van der Waals surface area contributed by atoms with Crippen molar-refractivity contribution < 1.29 is 27.5 Å². The highest BCUT2D eigenvalue weighted by atomic mass is 35.5. The van der Waals surface area contributed by atoms with Crippen LogP contribution < -0.4 is 5.32 Å². The topological polar surface area (TPSA) is 113 Å². The van der Waals surface area contributed by atoms with Crippen LogP contribution in [-0.4, -0.2) is 68.2 Å². The molecule has 166 valence electrons. The molecular formula is C20H22ClN3O6S. The molecule has 4 rings (SSSR count). The number of carbonyl (C=O) groups is 3. The molecule has 1 aromatic rings. The number of hydrogen-bond acceptors (Lipinski definition) is 6. The highest BCUT2D eigenvalue weighted by Crippen LogP contribution is 2.35. The average Bonchev–Trinajstić information content (AvgIpc) is 3.01. The minimum Gasteiger partial charge on any atom is -0.379 e. The summed E-state index contributed by atoms with van der Waals surface area (Å²) < 4.78 is 32.2. The highest BCUT2D eigenvalue weighted by Gasteiger charge is 2.47. The molecule has 0 unspecified atom stereocenters. The third-order valence-electron chi connectivity index (χ3n) is 5.72. The number of hydrogen-bond donors (Lipinski definition) is 1. The lowest BCUT2D eigenvalue weighted by Crippen LogP contribution is -2.40. The summed E-state index contributed by atoms with van der Waals surface area (Å²) in [6.07, 6.45) is 4.72. The van der Waals surface area contributed by atoms with Crippen molar-refractivity contribution in [2.24, 2.45) is 11.8 Å². The lowest BCUT2D eigenvalue weighted by molar-refractivity contribution is -0.142. The average molecular weight is 468 g/mol. The number of fused-ring (bicyclic) bond motifs is 1. The predicted octanol–water partition coefficient (Wildman–Crippen LogP) is 1.25. The van der Waals surface area contributed by atoms with Crippen LogP contribution in [0.15, 0.2) is 35.2 Å². The van der Waals surface area contributed by atoms with E-state index in [1.54, 1.807) is 0 Å². The van der Waals surface area contributed by atoms with E-state index in [-0.39, 0.29) is 40.5 Å². The van der Waals surface area contributed by atoms with Crippen LogP contribution in [0.25, 0.3) is 0 Å². The molecule has 2 fully saturated rings. The normalized spacial score (nSPS) is 24.4. The van der Waals surface area contributed by atoms with E-state index in [0.29, 0.717) is 26.1 Å². The molecule has 3 aliphatic rings. The van der Waals surface area contributed by atoms with Crippen molar-refractivity contribution in [1.29, 1.82) is 0 Å². The number of allylic oxidation sites excluding steroid dienone is 2. The van der Waals surface area contributed by atoms with Gasteiger partial charge in [-0.25, -0.2) is 8.42 Å². The van der Waals surface area contributed by atoms with Crippen LogP contribution in [0.2, 0.25) is 5.02 Å². The first-order valence-electron chi connectivity index (χ1n) is 9.96. The molecule has 1 aliphatic carbocycles. The summed E-state index contributed by atoms with van der Waals surface area (Å²) >= 11 is 6.15. The van der Waals surface area contributed by atoms with Gasteiger partial charge < -0.3 is 10.1 Å². The van der Waals surface area contributed by atoms with Gasteiger partial charge in [0, 0.05) is 13.1 Å². The zero-order valence-electron chi connectivity index (χ0n) is 16.6. The number of benzene rings is 1. The van der Waals surface area contributed by atoms with Gasteiger partial charge in [0.15, 0.2) is 0 Å². The molecule has 2 heterocycles. The minimum atomic E-state index is -3.77. The first-order valence-corrected chi connectivity index (χ1v) is 11.8. The number of nitrogens with zero attached hydrogens (tertiary/aromatic N) is 2. The number of likely N-dealkylation sites (tertiary alicyclic amines) is 1. The van der Waals surface area contributed by atoms with E-state index >= 15 is 0 Å². The van der Waals surface area contributed by atoms with Crippen molar-refractivity contribution in [3.63, 3.8) is 0 Å². The number of halogens is 1. The van der Waals surface area contributed by atoms with Crippen molar-refractivity contribution in [3.05, 3.63) is 35.4 Å². The molecule has 0 saturated carbocycles. The van der Waals surface area contributed by atoms with Gasteiger partial charge in [-0.1, -0.05) is 23.8 Å². The number of nitrogens with one attached hydrogen (secondary N) is 1. The van der Waals surface area contributed by atoms with E-state index in [1.165, 1.54) is 22.5 Å². The molecule has 3 amide bonds. The molecular weight excluding hydrogens is 446 g/mol. The molecule has 0 aromatic heterocycles. The van der Waals surface area contributed by atoms with E-state index in [1.807, 2.05) is 12.2 Å². The monoisotopic (exact) mass is 467 g/mol. The molecule has 1 N–H and O–H groups in total. The number of morpholine rings is 1. The summed E-state index contributed by atoms with van der Waals surface area (Å²) in [6, 6.07) is 4.03. The fourth-order valence-corrected chi connectivity index (χ4v) is 5.65. The number of rotatable bonds is 5. The van der Waals surface area contributed by atoms with E-state index in [9.17, 15) is 22.8 Å². The van der Waals surface area contributed by atoms with Gasteiger partial charge in [0.05, 0.1) is 40.7 Å². The zero-order chi connectivity index (χ0) is 22.2. The number of sulfonamides is 1. The van der Waals surface area contributed by atoms with E-state index in [2.05, 4.69) is 5.32 Å². The van der Waals surface area contributed by atoms with Crippen molar-refractivity contribution in [1.82, 2.24) is 9.21 Å². The smallest absolute Gasteiger partial charge is 0.244 e. The van der Waals surface area contributed by atoms with Crippen LogP contribution in [0.4, 0.5) is 5.69 Å². The zero-order valence-corrected chi connectivity index (χ0v) is 18.2. The number of imide groups is 1. The molecule has 1 aromatic carbocycles. The molecule has 2 aliphatic heterocycles. The molecule has 2 saturated heterocycles. The first-order chi connectivity index (χ1) is 14.8. The molecule has 0 spiro atoms. The van der Waals surface area contributed by atoms with E-state index in [4.69, 9.17) is 16.3 Å². The Balaban J connectivity index is 1.48. The third kappa shape index (κ3) is 4.25. The Morgan fingerprint density at radius 1 is 1.10 bits per heavy atom. The van der Waals surface area contributed by atoms with Gasteiger partial charge in [0.1, 0.15) is 6.54 Å². The van der Waals surface area contributed by atoms with Gasteiger partial charge in [0.25, 0.3) is 0 Å². The fraction of sp³-hybridized carbons (Fsp3) is 0.450. The van der Waals surface area contributed by atoms with Crippen LogP contribution in [-0.2, 0) is 29.1 Å². The lowest BCUT2D eigenvalue weighted by Gasteiger charge is -2.26. The lowest BCUT2D eigenvalue weighted by atomic mass is 9.85. The molecule has 2 atom stereocenters. The van der Waals surface area contributed by atoms with E-state index in [0.717, 1.165) is 4.90 Å². The maximum absolute atomic E-state index is 12.9. The van der Waals surface area contributed by atoms with Crippen molar-refractivity contribution in [2.45, 2.75) is 17.7 Å². The SMILES string of the molecule is O=C(CN1C(=O)[C@H]2CC=CC[C@H]2C1=O)Nc1cc(S(=O)(=O)N2CCOCC2)ccc1Cl. The van der Waals surface area contributed by atoms with Crippen LogP contribution >= 0.6 is 11.6 Å². The summed E-state index contributed by atoms with van der Waals surface area (Å²) in [5, 5.41) is 2.68. The maximum Gasteiger partial charge on any atom is 0.244 e. The van der Waals surface area contributed by atoms with Crippen LogP contribution in [0.1, 0.15) is 12.8 Å². The molecule has 11 heteroatoms. The second-order valence-electron chi connectivity index (χ2n) is 7.62. The second-order valence-corrected chi connectivity index (χ2v) is 9.97. The Labute approximate surface area is 185 Å².